The van der Waals surface area contributed by atoms with Crippen LogP contribution in [0.2, 0.25) is 0 Å². The smallest absolute Gasteiger partial charge is 0.416 e. The number of amides is 2. The lowest BCUT2D eigenvalue weighted by atomic mass is 9.99. The average Bonchev–Trinajstić information content (AvgIpc) is 2.80. The number of carbonyl (C=O) groups excluding carboxylic acids is 2. The van der Waals surface area contributed by atoms with Crippen LogP contribution in [0.1, 0.15) is 44.9 Å². The van der Waals surface area contributed by atoms with Crippen LogP contribution in [0.25, 0.3) is 11.4 Å². The molecule has 2 aliphatic rings. The summed E-state index contributed by atoms with van der Waals surface area (Å²) in [4.78, 5) is 39.1. The third kappa shape index (κ3) is 5.86. The zero-order chi connectivity index (χ0) is 28.0. The molecule has 2 aliphatic heterocycles. The van der Waals surface area contributed by atoms with Gasteiger partial charge in [-0.05, 0) is 32.9 Å². The molecule has 4 heterocycles. The number of carbonyl (C=O) groups is 2. The van der Waals surface area contributed by atoms with E-state index in [1.165, 1.54) is 9.80 Å². The van der Waals surface area contributed by atoms with E-state index in [2.05, 4.69) is 20.3 Å². The number of anilines is 2. The van der Waals surface area contributed by atoms with Crippen LogP contribution in [0.15, 0.2) is 18.5 Å². The van der Waals surface area contributed by atoms with Gasteiger partial charge < -0.3 is 19.3 Å². The van der Waals surface area contributed by atoms with Crippen molar-refractivity contribution in [3.8, 4) is 11.4 Å². The van der Waals surface area contributed by atoms with Gasteiger partial charge in [-0.1, -0.05) is 0 Å². The minimum atomic E-state index is -4.79. The summed E-state index contributed by atoms with van der Waals surface area (Å²) in [7, 11) is 0. The number of rotatable bonds is 3. The first-order chi connectivity index (χ1) is 17.5. The molecule has 0 radical (unpaired) electrons. The number of hydrogen-bond donors (Lipinski definition) is 1. The number of cyclic esters (lactones) is 1. The van der Waals surface area contributed by atoms with Crippen molar-refractivity contribution in [3.05, 3.63) is 29.6 Å². The Hall–Kier alpha value is -3.78. The Morgan fingerprint density at radius 3 is 2.29 bits per heavy atom. The molecular weight excluding hydrogens is 519 g/mol. The van der Waals surface area contributed by atoms with Crippen LogP contribution >= 0.6 is 0 Å². The maximum absolute atomic E-state index is 14.4. The second-order valence-corrected chi connectivity index (χ2v) is 9.90. The highest BCUT2D eigenvalue weighted by Crippen LogP contribution is 2.44. The maximum atomic E-state index is 14.4. The van der Waals surface area contributed by atoms with Gasteiger partial charge in [0.1, 0.15) is 29.3 Å². The molecule has 206 valence electrons. The molecule has 1 fully saturated rings. The van der Waals surface area contributed by atoms with Crippen molar-refractivity contribution in [2.45, 2.75) is 51.5 Å². The Bertz CT molecular complexity index is 1240. The number of nitrogens with zero attached hydrogens (tertiary/aromatic N) is 5. The van der Waals surface area contributed by atoms with Gasteiger partial charge in [0.15, 0.2) is 6.10 Å². The molecular formula is C23H25F5N6O4. The molecule has 1 N–H and O–H groups in total. The summed E-state index contributed by atoms with van der Waals surface area (Å²) in [6, 6.07) is 1.52. The number of ether oxygens (including phenoxy) is 2. The van der Waals surface area contributed by atoms with Gasteiger partial charge >= 0.3 is 18.4 Å². The first-order valence-electron chi connectivity index (χ1n) is 11.6. The van der Waals surface area contributed by atoms with E-state index in [0.29, 0.717) is 13.0 Å². The van der Waals surface area contributed by atoms with Crippen molar-refractivity contribution < 1.29 is 41.0 Å². The fraction of sp³-hybridized carbons (Fsp3) is 0.522. The van der Waals surface area contributed by atoms with Crippen LogP contribution in [0.4, 0.5) is 43.2 Å². The number of fused-ring (bicyclic) bond motifs is 1. The molecule has 2 aromatic rings. The average molecular weight is 544 g/mol. The zero-order valence-electron chi connectivity index (χ0n) is 20.9. The van der Waals surface area contributed by atoms with Crippen LogP contribution < -0.4 is 10.2 Å². The number of halogens is 5. The van der Waals surface area contributed by atoms with Gasteiger partial charge in [0.25, 0.3) is 5.92 Å². The second-order valence-electron chi connectivity index (χ2n) is 9.90. The van der Waals surface area contributed by atoms with E-state index in [1.807, 2.05) is 0 Å². The van der Waals surface area contributed by atoms with Crippen LogP contribution in [-0.2, 0) is 15.7 Å². The first kappa shape index (κ1) is 27.3. The van der Waals surface area contributed by atoms with Crippen molar-refractivity contribution in [1.29, 1.82) is 0 Å². The minimum Gasteiger partial charge on any atom is -0.444 e. The van der Waals surface area contributed by atoms with E-state index >= 15 is 0 Å². The molecule has 0 saturated carbocycles. The lowest BCUT2D eigenvalue weighted by molar-refractivity contribution is -0.137. The maximum Gasteiger partial charge on any atom is 0.416 e. The molecule has 38 heavy (non-hydrogen) atoms. The number of piperazine rings is 1. The van der Waals surface area contributed by atoms with Crippen molar-refractivity contribution in [2.75, 3.05) is 36.4 Å². The third-order valence-electron chi connectivity index (χ3n) is 5.69. The molecule has 0 aromatic carbocycles. The minimum absolute atomic E-state index is 0.0911. The summed E-state index contributed by atoms with van der Waals surface area (Å²) >= 11 is 0. The first-order valence-corrected chi connectivity index (χ1v) is 11.6. The Kier molecular flexibility index (Phi) is 6.82. The predicted molar refractivity (Wildman–Crippen MR) is 124 cm³/mol. The van der Waals surface area contributed by atoms with Crippen LogP contribution in [0.3, 0.4) is 0 Å². The van der Waals surface area contributed by atoms with E-state index in [4.69, 9.17) is 9.47 Å². The van der Waals surface area contributed by atoms with E-state index in [1.54, 1.807) is 20.8 Å². The van der Waals surface area contributed by atoms with E-state index in [-0.39, 0.29) is 49.2 Å². The van der Waals surface area contributed by atoms with Gasteiger partial charge in [-0.15, -0.1) is 0 Å². The molecule has 4 rings (SSSR count). The molecule has 10 nitrogen and oxygen atoms in total. The highest BCUT2D eigenvalue weighted by molar-refractivity contribution is 5.88. The van der Waals surface area contributed by atoms with Gasteiger partial charge in [-0.3, -0.25) is 5.32 Å². The standard InChI is InChI=1S/C23H25F5N6O4/c1-21(2,3)38-20(36)34-7-5-33(6-8-34)14-10-12(23(26,27)28)9-13(31-14)16-15-17(22(4,24)25)37-19(35)32-18(15)30-11-29-16/h9-11,17H,5-8H2,1-4H3,(H,29,30,32,35)/t17-/m0/s1. The van der Waals surface area contributed by atoms with Crippen LogP contribution in [0, 0.1) is 0 Å². The molecule has 0 aliphatic carbocycles. The van der Waals surface area contributed by atoms with Crippen molar-refractivity contribution >= 4 is 23.8 Å². The van der Waals surface area contributed by atoms with E-state index in [9.17, 15) is 31.5 Å². The number of aromatic nitrogens is 3. The van der Waals surface area contributed by atoms with Gasteiger partial charge in [-0.25, -0.2) is 33.3 Å². The predicted octanol–water partition coefficient (Wildman–Crippen LogP) is 4.87. The molecule has 0 spiro atoms. The topological polar surface area (TPSA) is 110 Å². The van der Waals surface area contributed by atoms with E-state index < -0.39 is 47.1 Å². The quantitative estimate of drug-likeness (QED) is 0.545. The summed E-state index contributed by atoms with van der Waals surface area (Å²) < 4.78 is 80.5. The van der Waals surface area contributed by atoms with Gasteiger partial charge in [-0.2, -0.15) is 13.2 Å². The molecule has 1 atom stereocenters. The zero-order valence-corrected chi connectivity index (χ0v) is 20.9. The molecule has 15 heteroatoms. The number of hydrogen-bond acceptors (Lipinski definition) is 8. The fourth-order valence-electron chi connectivity index (χ4n) is 4.00. The SMILES string of the molecule is CC(C)(C)OC(=O)N1CCN(c2cc(C(F)(F)F)cc(-c3ncnc4c3[C@@H](C(C)(F)F)OC(=O)N4)n2)CC1. The summed E-state index contributed by atoms with van der Waals surface area (Å²) in [6.45, 7) is 6.27. The second kappa shape index (κ2) is 9.51. The van der Waals surface area contributed by atoms with E-state index in [0.717, 1.165) is 12.4 Å². The highest BCUT2D eigenvalue weighted by atomic mass is 19.4. The highest BCUT2D eigenvalue weighted by Gasteiger charge is 2.46. The number of pyridine rings is 1. The van der Waals surface area contributed by atoms with Crippen LogP contribution in [-0.4, -0.2) is 69.7 Å². The number of nitrogens with one attached hydrogen (secondary N) is 1. The Morgan fingerprint density at radius 1 is 1.05 bits per heavy atom. The Morgan fingerprint density at radius 2 is 1.71 bits per heavy atom. The Balaban J connectivity index is 1.72. The fourth-order valence-corrected chi connectivity index (χ4v) is 4.00. The third-order valence-corrected chi connectivity index (χ3v) is 5.69. The summed E-state index contributed by atoms with van der Waals surface area (Å²) in [6.07, 6.45) is -7.76. The molecule has 2 aromatic heterocycles. The van der Waals surface area contributed by atoms with Crippen molar-refractivity contribution in [1.82, 2.24) is 19.9 Å². The van der Waals surface area contributed by atoms with Crippen molar-refractivity contribution in [3.63, 3.8) is 0 Å². The monoisotopic (exact) mass is 544 g/mol. The lowest BCUT2D eigenvalue weighted by Gasteiger charge is -2.36. The molecule has 0 bridgehead atoms. The van der Waals surface area contributed by atoms with Gasteiger partial charge in [0, 0.05) is 33.1 Å². The van der Waals surface area contributed by atoms with Gasteiger partial charge in [0.2, 0.25) is 0 Å². The normalized spacial score (nSPS) is 18.4. The lowest BCUT2D eigenvalue weighted by Crippen LogP contribution is -2.50. The van der Waals surface area contributed by atoms with Gasteiger partial charge in [0.05, 0.1) is 16.8 Å². The van der Waals surface area contributed by atoms with Crippen LogP contribution in [0.5, 0.6) is 0 Å². The molecule has 1 saturated heterocycles. The summed E-state index contributed by atoms with van der Waals surface area (Å²) in [5, 5.41) is 2.17. The summed E-state index contributed by atoms with van der Waals surface area (Å²) in [5.74, 6) is -4.01. The molecule has 0 unspecified atom stereocenters. The largest absolute Gasteiger partial charge is 0.444 e. The number of alkyl halides is 5. The summed E-state index contributed by atoms with van der Waals surface area (Å²) in [5.41, 5.74) is -2.90. The Labute approximate surface area is 214 Å². The van der Waals surface area contributed by atoms with Crippen molar-refractivity contribution in [2.24, 2.45) is 0 Å². The molecule has 2 amide bonds.